The second-order valence-corrected chi connectivity index (χ2v) is 8.37. The molecule has 0 aromatic carbocycles. The van der Waals surface area contributed by atoms with Gasteiger partial charge >= 0.3 is 0 Å². The normalized spacial score (nSPS) is 37.5. The molecule has 0 aliphatic heterocycles. The highest BCUT2D eigenvalue weighted by Crippen LogP contribution is 2.50. The zero-order valence-electron chi connectivity index (χ0n) is 12.7. The van der Waals surface area contributed by atoms with Crippen LogP contribution in [0.15, 0.2) is 0 Å². The summed E-state index contributed by atoms with van der Waals surface area (Å²) in [4.78, 5) is 0. The third-order valence-electron chi connectivity index (χ3n) is 4.85. The first-order valence-corrected chi connectivity index (χ1v) is 7.03. The lowest BCUT2D eigenvalue weighted by Crippen LogP contribution is -2.40. The SMILES string of the molecule is CC1CC(C(C)(C)C)C(C)CC1C(C)(C)C. The minimum atomic E-state index is 0.483. The lowest BCUT2D eigenvalue weighted by Gasteiger charge is -2.49. The predicted molar refractivity (Wildman–Crippen MR) is 73.5 cm³/mol. The second-order valence-electron chi connectivity index (χ2n) is 8.37. The fourth-order valence-corrected chi connectivity index (χ4v) is 4.01. The molecule has 0 N–H and O–H groups in total. The maximum atomic E-state index is 2.47. The van der Waals surface area contributed by atoms with E-state index in [0.717, 1.165) is 23.7 Å². The zero-order chi connectivity index (χ0) is 12.7. The number of rotatable bonds is 0. The van der Waals surface area contributed by atoms with E-state index in [1.54, 1.807) is 0 Å². The molecule has 0 spiro atoms. The average Bonchev–Trinajstić information content (AvgIpc) is 2.04. The summed E-state index contributed by atoms with van der Waals surface area (Å²) >= 11 is 0. The van der Waals surface area contributed by atoms with Crippen LogP contribution >= 0.6 is 0 Å². The Labute approximate surface area is 103 Å². The van der Waals surface area contributed by atoms with Crippen molar-refractivity contribution in [3.63, 3.8) is 0 Å². The maximum absolute atomic E-state index is 2.47. The largest absolute Gasteiger partial charge is 0.0622 e. The van der Waals surface area contributed by atoms with E-state index in [1.165, 1.54) is 12.8 Å². The number of hydrogen-bond acceptors (Lipinski definition) is 0. The second kappa shape index (κ2) is 4.35. The van der Waals surface area contributed by atoms with Crippen LogP contribution in [0.3, 0.4) is 0 Å². The van der Waals surface area contributed by atoms with Crippen molar-refractivity contribution in [3.8, 4) is 0 Å². The van der Waals surface area contributed by atoms with E-state index in [-0.39, 0.29) is 0 Å². The quantitative estimate of drug-likeness (QED) is 0.518. The van der Waals surface area contributed by atoms with Gasteiger partial charge in [-0.2, -0.15) is 0 Å². The Morgan fingerprint density at radius 3 is 1.06 bits per heavy atom. The molecular weight excluding hydrogens is 192 g/mol. The smallest absolute Gasteiger partial charge is 0.0337 e. The summed E-state index contributed by atoms with van der Waals surface area (Å²) in [5.74, 6) is 3.59. The molecule has 4 atom stereocenters. The van der Waals surface area contributed by atoms with Gasteiger partial charge in [-0.15, -0.1) is 0 Å². The van der Waals surface area contributed by atoms with Gasteiger partial charge in [0.1, 0.15) is 0 Å². The fourth-order valence-electron chi connectivity index (χ4n) is 4.01. The van der Waals surface area contributed by atoms with Gasteiger partial charge in [0, 0.05) is 0 Å². The molecule has 0 aromatic heterocycles. The van der Waals surface area contributed by atoms with Crippen molar-refractivity contribution in [3.05, 3.63) is 0 Å². The molecule has 16 heavy (non-hydrogen) atoms. The van der Waals surface area contributed by atoms with Gasteiger partial charge in [0.15, 0.2) is 0 Å². The summed E-state index contributed by atoms with van der Waals surface area (Å²) in [6.45, 7) is 19.4. The zero-order valence-corrected chi connectivity index (χ0v) is 12.7. The summed E-state index contributed by atoms with van der Waals surface area (Å²) in [7, 11) is 0. The summed E-state index contributed by atoms with van der Waals surface area (Å²) < 4.78 is 0. The van der Waals surface area contributed by atoms with Gasteiger partial charge in [-0.1, -0.05) is 55.4 Å². The molecule has 1 saturated carbocycles. The summed E-state index contributed by atoms with van der Waals surface area (Å²) in [5.41, 5.74) is 0.965. The van der Waals surface area contributed by atoms with E-state index in [1.807, 2.05) is 0 Å². The number of hydrogen-bond donors (Lipinski definition) is 0. The van der Waals surface area contributed by atoms with Gasteiger partial charge in [-0.25, -0.2) is 0 Å². The van der Waals surface area contributed by atoms with E-state index in [0.29, 0.717) is 10.8 Å². The van der Waals surface area contributed by atoms with Crippen LogP contribution < -0.4 is 0 Å². The molecule has 1 rings (SSSR count). The van der Waals surface area contributed by atoms with Gasteiger partial charge in [0.05, 0.1) is 0 Å². The molecule has 0 amide bonds. The van der Waals surface area contributed by atoms with Crippen LogP contribution in [0.1, 0.15) is 68.2 Å². The third kappa shape index (κ3) is 3.02. The van der Waals surface area contributed by atoms with Crippen molar-refractivity contribution in [2.45, 2.75) is 68.2 Å². The predicted octanol–water partition coefficient (Wildman–Crippen LogP) is 5.38. The Morgan fingerprint density at radius 2 is 0.875 bits per heavy atom. The first-order valence-electron chi connectivity index (χ1n) is 7.03. The van der Waals surface area contributed by atoms with Gasteiger partial charge in [-0.3, -0.25) is 0 Å². The standard InChI is InChI=1S/C16H32/c1-11-9-14(16(6,7)8)12(2)10-13(11)15(3,4)5/h11-14H,9-10H2,1-8H3. The van der Waals surface area contributed by atoms with E-state index < -0.39 is 0 Å². The molecule has 96 valence electrons. The van der Waals surface area contributed by atoms with Crippen molar-refractivity contribution in [2.24, 2.45) is 34.5 Å². The van der Waals surface area contributed by atoms with Gasteiger partial charge < -0.3 is 0 Å². The van der Waals surface area contributed by atoms with E-state index >= 15 is 0 Å². The van der Waals surface area contributed by atoms with Gasteiger partial charge in [-0.05, 0) is 47.3 Å². The van der Waals surface area contributed by atoms with Crippen LogP contribution in [0.4, 0.5) is 0 Å². The highest BCUT2D eigenvalue weighted by Gasteiger charge is 2.42. The Balaban J connectivity index is 2.79. The highest BCUT2D eigenvalue weighted by atomic mass is 14.5. The first-order chi connectivity index (χ1) is 7.03. The van der Waals surface area contributed by atoms with Crippen LogP contribution in [0.2, 0.25) is 0 Å². The first kappa shape index (κ1) is 14.1. The third-order valence-corrected chi connectivity index (χ3v) is 4.85. The minimum Gasteiger partial charge on any atom is -0.0622 e. The molecule has 0 saturated heterocycles. The average molecular weight is 224 g/mol. The van der Waals surface area contributed by atoms with E-state index in [9.17, 15) is 0 Å². The van der Waals surface area contributed by atoms with Crippen molar-refractivity contribution < 1.29 is 0 Å². The molecule has 4 unspecified atom stereocenters. The molecule has 0 radical (unpaired) electrons. The van der Waals surface area contributed by atoms with Crippen LogP contribution in [-0.4, -0.2) is 0 Å². The summed E-state index contributed by atoms with van der Waals surface area (Å²) in [6, 6.07) is 0. The Kier molecular flexibility index (Phi) is 3.82. The van der Waals surface area contributed by atoms with Gasteiger partial charge in [0.2, 0.25) is 0 Å². The molecule has 0 aromatic rings. The van der Waals surface area contributed by atoms with Crippen LogP contribution in [0, 0.1) is 34.5 Å². The maximum Gasteiger partial charge on any atom is -0.0337 e. The molecule has 0 heterocycles. The van der Waals surface area contributed by atoms with E-state index in [4.69, 9.17) is 0 Å². The lowest BCUT2D eigenvalue weighted by atomic mass is 9.57. The minimum absolute atomic E-state index is 0.483. The molecule has 0 heteroatoms. The monoisotopic (exact) mass is 224 g/mol. The topological polar surface area (TPSA) is 0 Å². The van der Waals surface area contributed by atoms with Crippen molar-refractivity contribution in [1.29, 1.82) is 0 Å². The molecule has 1 fully saturated rings. The van der Waals surface area contributed by atoms with Crippen molar-refractivity contribution >= 4 is 0 Å². The summed E-state index contributed by atoms with van der Waals surface area (Å²) in [6.07, 6.45) is 2.85. The summed E-state index contributed by atoms with van der Waals surface area (Å²) in [5, 5.41) is 0. The highest BCUT2D eigenvalue weighted by molar-refractivity contribution is 4.91. The van der Waals surface area contributed by atoms with Crippen LogP contribution in [0.5, 0.6) is 0 Å². The molecule has 0 bridgehead atoms. The van der Waals surface area contributed by atoms with Crippen LogP contribution in [-0.2, 0) is 0 Å². The van der Waals surface area contributed by atoms with Crippen molar-refractivity contribution in [2.75, 3.05) is 0 Å². The lowest BCUT2D eigenvalue weighted by molar-refractivity contribution is 0.00872. The molecular formula is C16H32. The Bertz CT molecular complexity index is 199. The fraction of sp³-hybridized carbons (Fsp3) is 1.00. The van der Waals surface area contributed by atoms with Crippen LogP contribution in [0.25, 0.3) is 0 Å². The van der Waals surface area contributed by atoms with Gasteiger partial charge in [0.25, 0.3) is 0 Å². The Morgan fingerprint density at radius 1 is 0.625 bits per heavy atom. The van der Waals surface area contributed by atoms with E-state index in [2.05, 4.69) is 55.4 Å². The molecule has 0 nitrogen and oxygen atoms in total. The van der Waals surface area contributed by atoms with Crippen molar-refractivity contribution in [1.82, 2.24) is 0 Å². The Hall–Kier alpha value is 0. The molecule has 1 aliphatic rings. The molecule has 1 aliphatic carbocycles.